The van der Waals surface area contributed by atoms with Crippen LogP contribution < -0.4 is 0 Å². The van der Waals surface area contributed by atoms with Crippen molar-refractivity contribution in [2.45, 2.75) is 42.0 Å². The predicted molar refractivity (Wildman–Crippen MR) is 145 cm³/mol. The van der Waals surface area contributed by atoms with Crippen LogP contribution in [0.15, 0.2) is 72.8 Å². The molecule has 7 rings (SSSR count). The monoisotopic (exact) mass is 565 g/mol. The summed E-state index contributed by atoms with van der Waals surface area (Å²) in [6.45, 7) is 0.109. The summed E-state index contributed by atoms with van der Waals surface area (Å²) in [6, 6.07) is 21.3. The van der Waals surface area contributed by atoms with Gasteiger partial charge in [-0.05, 0) is 41.2 Å². The molecule has 8 heteroatoms. The Kier molecular flexibility index (Phi) is 6.51. The van der Waals surface area contributed by atoms with Gasteiger partial charge in [-0.2, -0.15) is 0 Å². The number of hydrogen-bond donors (Lipinski definition) is 0. The first-order valence-electron chi connectivity index (χ1n) is 13.1. The molecular weight excluding hydrogens is 540 g/mol. The molecule has 5 nitrogen and oxygen atoms in total. The van der Waals surface area contributed by atoms with Crippen molar-refractivity contribution in [2.24, 2.45) is 11.8 Å². The maximum atomic E-state index is 13.8. The molecule has 2 atom stereocenters. The Labute approximate surface area is 235 Å². The molecule has 0 spiro atoms. The van der Waals surface area contributed by atoms with Crippen molar-refractivity contribution in [2.75, 3.05) is 6.54 Å². The summed E-state index contributed by atoms with van der Waals surface area (Å²) in [5, 5.41) is 0. The first-order valence-corrected chi connectivity index (χ1v) is 13.9. The van der Waals surface area contributed by atoms with Gasteiger partial charge in [0.05, 0.1) is 11.8 Å². The lowest BCUT2D eigenvalue weighted by Gasteiger charge is -2.54. The zero-order chi connectivity index (χ0) is 27.4. The summed E-state index contributed by atoms with van der Waals surface area (Å²) in [6.07, 6.45) is 1.83. The molecule has 4 aliphatic rings. The second kappa shape index (κ2) is 9.76. The van der Waals surface area contributed by atoms with E-state index >= 15 is 0 Å². The van der Waals surface area contributed by atoms with Gasteiger partial charge in [0.1, 0.15) is 22.2 Å². The van der Waals surface area contributed by atoms with E-state index in [1.54, 1.807) is 18.2 Å². The van der Waals surface area contributed by atoms with E-state index in [2.05, 4.69) is 0 Å². The molecule has 3 aliphatic carbocycles. The second-order valence-electron chi connectivity index (χ2n) is 10.4. The first kappa shape index (κ1) is 26.0. The lowest BCUT2D eigenvalue weighted by molar-refractivity contribution is -0.145. The Bertz CT molecular complexity index is 1370. The topological polar surface area (TPSA) is 63.7 Å². The van der Waals surface area contributed by atoms with E-state index in [1.807, 2.05) is 48.5 Å². The van der Waals surface area contributed by atoms with Crippen LogP contribution in [0.5, 0.6) is 0 Å². The second-order valence-corrected chi connectivity index (χ2v) is 11.6. The molecule has 1 aliphatic heterocycles. The van der Waals surface area contributed by atoms with Crippen LogP contribution >= 0.6 is 23.2 Å². The molecule has 0 N–H and O–H groups in total. The molecule has 3 aromatic carbocycles. The van der Waals surface area contributed by atoms with E-state index < -0.39 is 33.4 Å². The van der Waals surface area contributed by atoms with Gasteiger partial charge in [-0.3, -0.25) is 19.3 Å². The zero-order valence-corrected chi connectivity index (χ0v) is 22.6. The highest BCUT2D eigenvalue weighted by Gasteiger charge is 2.72. The van der Waals surface area contributed by atoms with Crippen molar-refractivity contribution in [3.8, 4) is 0 Å². The Morgan fingerprint density at radius 1 is 0.769 bits per heavy atom. The molecule has 39 heavy (non-hydrogen) atoms. The maximum Gasteiger partial charge on any atom is 0.306 e. The SMILES string of the molecule is O=C(CCCCCN1C(=O)[C@@H]2[C@@H](C1=O)C1(Cl)c3ccccc3C2(Cl)c2ccccc21)OCc1ccccc1F. The third-order valence-corrected chi connectivity index (χ3v) is 9.57. The molecule has 0 saturated carbocycles. The van der Waals surface area contributed by atoms with Crippen molar-refractivity contribution >= 4 is 41.0 Å². The number of rotatable bonds is 8. The number of amides is 2. The summed E-state index contributed by atoms with van der Waals surface area (Å²) in [5.41, 5.74) is 3.43. The predicted octanol–water partition coefficient (Wildman–Crippen LogP) is 6.02. The largest absolute Gasteiger partial charge is 0.461 e. The van der Waals surface area contributed by atoms with Crippen LogP contribution in [-0.2, 0) is 35.5 Å². The van der Waals surface area contributed by atoms with E-state index in [9.17, 15) is 18.8 Å². The van der Waals surface area contributed by atoms with Gasteiger partial charge in [0.25, 0.3) is 0 Å². The molecule has 0 unspecified atom stereocenters. The van der Waals surface area contributed by atoms with Gasteiger partial charge in [0.2, 0.25) is 11.8 Å². The number of halogens is 3. The average Bonchev–Trinajstić information content (AvgIpc) is 3.21. The summed E-state index contributed by atoms with van der Waals surface area (Å²) in [7, 11) is 0. The van der Waals surface area contributed by atoms with Gasteiger partial charge in [-0.1, -0.05) is 73.2 Å². The van der Waals surface area contributed by atoms with Crippen LogP contribution in [0.25, 0.3) is 0 Å². The highest BCUT2D eigenvalue weighted by Crippen LogP contribution is 2.69. The number of nitrogens with zero attached hydrogens (tertiary/aromatic N) is 1. The van der Waals surface area contributed by atoms with Crippen LogP contribution in [0, 0.1) is 17.7 Å². The Balaban J connectivity index is 1.13. The maximum absolute atomic E-state index is 13.8. The van der Waals surface area contributed by atoms with Crippen molar-refractivity contribution in [1.29, 1.82) is 0 Å². The number of ether oxygens (including phenoxy) is 1. The number of likely N-dealkylation sites (tertiary alicyclic amines) is 1. The number of unbranched alkanes of at least 4 members (excludes halogenated alkanes) is 2. The fourth-order valence-electron chi connectivity index (χ4n) is 6.51. The van der Waals surface area contributed by atoms with E-state index in [0.29, 0.717) is 24.8 Å². The number of carbonyl (C=O) groups is 3. The quantitative estimate of drug-likeness (QED) is 0.145. The Morgan fingerprint density at radius 2 is 1.26 bits per heavy atom. The van der Waals surface area contributed by atoms with Gasteiger partial charge in [0, 0.05) is 18.5 Å². The van der Waals surface area contributed by atoms with Crippen LogP contribution in [0.2, 0.25) is 0 Å². The number of benzene rings is 3. The number of alkyl halides is 2. The highest BCUT2D eigenvalue weighted by atomic mass is 35.5. The Hall–Kier alpha value is -3.22. The lowest BCUT2D eigenvalue weighted by atomic mass is 9.54. The minimum atomic E-state index is -1.18. The normalized spacial score (nSPS) is 26.3. The number of carbonyl (C=O) groups excluding carboxylic acids is 3. The molecule has 0 radical (unpaired) electrons. The van der Waals surface area contributed by atoms with Crippen LogP contribution in [0.1, 0.15) is 53.5 Å². The summed E-state index contributed by atoms with van der Waals surface area (Å²) < 4.78 is 18.9. The van der Waals surface area contributed by atoms with Gasteiger partial charge in [-0.25, -0.2) is 4.39 Å². The lowest BCUT2D eigenvalue weighted by Crippen LogP contribution is -2.57. The van der Waals surface area contributed by atoms with E-state index in [-0.39, 0.29) is 31.4 Å². The van der Waals surface area contributed by atoms with E-state index in [4.69, 9.17) is 27.9 Å². The van der Waals surface area contributed by atoms with Gasteiger partial charge >= 0.3 is 5.97 Å². The summed E-state index contributed by atoms with van der Waals surface area (Å²) >= 11 is 14.8. The van der Waals surface area contributed by atoms with Crippen LogP contribution in [0.4, 0.5) is 4.39 Å². The van der Waals surface area contributed by atoms with Gasteiger partial charge in [0.15, 0.2) is 0 Å². The fraction of sp³-hybridized carbons (Fsp3) is 0.323. The number of imide groups is 1. The number of hydrogen-bond acceptors (Lipinski definition) is 4. The molecular formula is C31H26Cl2FNO4. The van der Waals surface area contributed by atoms with E-state index in [0.717, 1.165) is 22.3 Å². The van der Waals surface area contributed by atoms with Crippen molar-refractivity contribution in [1.82, 2.24) is 4.90 Å². The third-order valence-electron chi connectivity index (χ3n) is 8.29. The summed E-state index contributed by atoms with van der Waals surface area (Å²) in [4.78, 5) is 38.6. The first-order chi connectivity index (χ1) is 18.8. The van der Waals surface area contributed by atoms with E-state index in [1.165, 1.54) is 11.0 Å². The van der Waals surface area contributed by atoms with Gasteiger partial charge in [-0.15, -0.1) is 23.2 Å². The third kappa shape index (κ3) is 3.83. The van der Waals surface area contributed by atoms with Gasteiger partial charge < -0.3 is 4.74 Å². The molecule has 1 heterocycles. The van der Waals surface area contributed by atoms with Crippen LogP contribution in [-0.4, -0.2) is 29.2 Å². The molecule has 3 aromatic rings. The molecule has 200 valence electrons. The number of esters is 1. The van der Waals surface area contributed by atoms with Crippen molar-refractivity contribution < 1.29 is 23.5 Å². The highest BCUT2D eigenvalue weighted by molar-refractivity contribution is 6.36. The Morgan fingerprint density at radius 3 is 1.77 bits per heavy atom. The fourth-order valence-corrected chi connectivity index (χ4v) is 7.60. The van der Waals surface area contributed by atoms with Crippen molar-refractivity contribution in [3.05, 3.63) is 106 Å². The molecule has 0 aromatic heterocycles. The average molecular weight is 566 g/mol. The zero-order valence-electron chi connectivity index (χ0n) is 21.0. The van der Waals surface area contributed by atoms with Crippen LogP contribution in [0.3, 0.4) is 0 Å². The molecule has 1 saturated heterocycles. The minimum Gasteiger partial charge on any atom is -0.461 e. The van der Waals surface area contributed by atoms with Crippen molar-refractivity contribution in [3.63, 3.8) is 0 Å². The summed E-state index contributed by atoms with van der Waals surface area (Å²) in [5.74, 6) is -3.05. The molecule has 1 fully saturated rings. The molecule has 2 amide bonds. The molecule has 2 bridgehead atoms. The standard InChI is InChI=1S/C31H26Cl2FNO4/c32-30-20-11-4-5-12-21(20)31(33,23-14-7-6-13-22(23)30)27-26(30)28(37)35(29(27)38)17-9-1-2-16-25(36)39-18-19-10-3-8-15-24(19)34/h3-8,10-15,26-27H,1-2,9,16-18H2/t26-,27-,30?,31?/m0/s1. The minimum absolute atomic E-state index is 0.115. The smallest absolute Gasteiger partial charge is 0.306 e.